The van der Waals surface area contributed by atoms with Gasteiger partial charge in [0.1, 0.15) is 0 Å². The molecule has 0 amide bonds. The molecule has 0 saturated carbocycles. The molecular weight excluding hydrogens is 184 g/mol. The summed E-state index contributed by atoms with van der Waals surface area (Å²) in [7, 11) is 0. The Morgan fingerprint density at radius 2 is 2.33 bits per heavy atom. The lowest BCUT2D eigenvalue weighted by Crippen LogP contribution is -2.30. The molecule has 82 valence electrons. The van der Waals surface area contributed by atoms with Crippen LogP contribution in [-0.2, 0) is 0 Å². The number of nitrogens with zero attached hydrogens (tertiary/aromatic N) is 2. The first-order chi connectivity index (χ1) is 7.35. The van der Waals surface area contributed by atoms with Crippen molar-refractivity contribution >= 4 is 6.72 Å². The molecule has 3 atom stereocenters. The van der Waals surface area contributed by atoms with E-state index in [4.69, 9.17) is 0 Å². The van der Waals surface area contributed by atoms with Gasteiger partial charge in [0, 0.05) is 19.2 Å². The van der Waals surface area contributed by atoms with Crippen LogP contribution in [0, 0.1) is 11.8 Å². The van der Waals surface area contributed by atoms with E-state index in [1.165, 1.54) is 12.8 Å². The SMILES string of the molecule is C=NN1CC(CC)CC1C1C=CC=CC1. The summed E-state index contributed by atoms with van der Waals surface area (Å²) in [6.07, 6.45) is 12.6. The molecule has 15 heavy (non-hydrogen) atoms. The minimum absolute atomic E-state index is 0.577. The molecule has 0 aromatic rings. The Balaban J connectivity index is 2.04. The first-order valence-corrected chi connectivity index (χ1v) is 5.91. The molecule has 2 rings (SSSR count). The van der Waals surface area contributed by atoms with Crippen molar-refractivity contribution in [3.63, 3.8) is 0 Å². The van der Waals surface area contributed by atoms with Gasteiger partial charge in [-0.2, -0.15) is 5.10 Å². The van der Waals surface area contributed by atoms with Crippen LogP contribution in [0.3, 0.4) is 0 Å². The van der Waals surface area contributed by atoms with Crippen LogP contribution in [0.5, 0.6) is 0 Å². The molecule has 1 fully saturated rings. The number of hydrogen-bond donors (Lipinski definition) is 0. The molecule has 0 bridgehead atoms. The van der Waals surface area contributed by atoms with Crippen molar-refractivity contribution in [1.82, 2.24) is 5.01 Å². The molecule has 1 heterocycles. The molecule has 0 radical (unpaired) electrons. The Bertz CT molecular complexity index is 280. The summed E-state index contributed by atoms with van der Waals surface area (Å²) in [5, 5.41) is 6.36. The van der Waals surface area contributed by atoms with Crippen LogP contribution in [0.4, 0.5) is 0 Å². The van der Waals surface area contributed by atoms with Gasteiger partial charge in [0.2, 0.25) is 0 Å². The normalized spacial score (nSPS) is 34.7. The Morgan fingerprint density at radius 3 is 2.93 bits per heavy atom. The molecule has 0 N–H and O–H groups in total. The summed E-state index contributed by atoms with van der Waals surface area (Å²) in [5.41, 5.74) is 0. The first-order valence-electron chi connectivity index (χ1n) is 5.91. The molecule has 2 heteroatoms. The summed E-state index contributed by atoms with van der Waals surface area (Å²) in [6.45, 7) is 7.06. The van der Waals surface area contributed by atoms with Crippen LogP contribution in [0.1, 0.15) is 26.2 Å². The Morgan fingerprint density at radius 1 is 1.47 bits per heavy atom. The zero-order valence-corrected chi connectivity index (χ0v) is 9.47. The minimum atomic E-state index is 0.577. The van der Waals surface area contributed by atoms with Gasteiger partial charge in [-0.15, -0.1) is 0 Å². The monoisotopic (exact) mass is 204 g/mol. The highest BCUT2D eigenvalue weighted by atomic mass is 15.5. The lowest BCUT2D eigenvalue weighted by molar-refractivity contribution is 0.221. The van der Waals surface area contributed by atoms with Gasteiger partial charge in [-0.1, -0.05) is 37.6 Å². The lowest BCUT2D eigenvalue weighted by atomic mass is 9.89. The van der Waals surface area contributed by atoms with E-state index in [1.54, 1.807) is 0 Å². The van der Waals surface area contributed by atoms with E-state index in [0.717, 1.165) is 18.9 Å². The quantitative estimate of drug-likeness (QED) is 0.645. The van der Waals surface area contributed by atoms with Crippen molar-refractivity contribution < 1.29 is 0 Å². The van der Waals surface area contributed by atoms with Crippen molar-refractivity contribution in [3.8, 4) is 0 Å². The molecule has 1 aliphatic heterocycles. The average molecular weight is 204 g/mol. The van der Waals surface area contributed by atoms with E-state index in [1.807, 2.05) is 0 Å². The number of hydrogen-bond acceptors (Lipinski definition) is 2. The van der Waals surface area contributed by atoms with Crippen LogP contribution in [-0.4, -0.2) is 24.3 Å². The van der Waals surface area contributed by atoms with E-state index in [2.05, 4.69) is 48.1 Å². The second-order valence-electron chi connectivity index (χ2n) is 4.55. The first kappa shape index (κ1) is 10.5. The maximum Gasteiger partial charge on any atom is 0.0539 e. The highest BCUT2D eigenvalue weighted by Gasteiger charge is 2.34. The standard InChI is InChI=1S/C13H20N2/c1-3-11-9-13(15(10-11)14-2)12-7-5-4-6-8-12/h4-7,11-13H,2-3,8-10H2,1H3. The van der Waals surface area contributed by atoms with Gasteiger partial charge in [-0.25, -0.2) is 0 Å². The summed E-state index contributed by atoms with van der Waals surface area (Å²) in [4.78, 5) is 0. The zero-order valence-electron chi connectivity index (χ0n) is 9.47. The molecule has 3 unspecified atom stereocenters. The third-order valence-electron chi connectivity index (χ3n) is 3.67. The predicted molar refractivity (Wildman–Crippen MR) is 64.8 cm³/mol. The smallest absolute Gasteiger partial charge is 0.0539 e. The topological polar surface area (TPSA) is 15.6 Å². The second-order valence-corrected chi connectivity index (χ2v) is 4.55. The number of allylic oxidation sites excluding steroid dienone is 3. The van der Waals surface area contributed by atoms with Crippen molar-refractivity contribution in [2.24, 2.45) is 16.9 Å². The van der Waals surface area contributed by atoms with Gasteiger partial charge < -0.3 is 0 Å². The summed E-state index contributed by atoms with van der Waals surface area (Å²) in [5.74, 6) is 1.44. The van der Waals surface area contributed by atoms with Gasteiger partial charge in [-0.05, 0) is 18.8 Å². The van der Waals surface area contributed by atoms with E-state index in [0.29, 0.717) is 12.0 Å². The predicted octanol–water partition coefficient (Wildman–Crippen LogP) is 2.83. The van der Waals surface area contributed by atoms with Gasteiger partial charge in [0.25, 0.3) is 0 Å². The minimum Gasteiger partial charge on any atom is -0.294 e. The molecule has 0 aromatic heterocycles. The van der Waals surface area contributed by atoms with Crippen LogP contribution < -0.4 is 0 Å². The fraction of sp³-hybridized carbons (Fsp3) is 0.615. The van der Waals surface area contributed by atoms with Crippen molar-refractivity contribution in [2.75, 3.05) is 6.54 Å². The molecule has 2 nitrogen and oxygen atoms in total. The summed E-state index contributed by atoms with van der Waals surface area (Å²) >= 11 is 0. The fourth-order valence-corrected chi connectivity index (χ4v) is 2.68. The van der Waals surface area contributed by atoms with Crippen LogP contribution >= 0.6 is 0 Å². The molecule has 2 aliphatic rings. The fourth-order valence-electron chi connectivity index (χ4n) is 2.68. The van der Waals surface area contributed by atoms with E-state index < -0.39 is 0 Å². The molecule has 0 spiro atoms. The molecule has 0 aromatic carbocycles. The highest BCUT2D eigenvalue weighted by Crippen LogP contribution is 2.33. The van der Waals surface area contributed by atoms with Gasteiger partial charge in [-0.3, -0.25) is 5.01 Å². The Hall–Kier alpha value is -1.05. The molecular formula is C13H20N2. The zero-order chi connectivity index (χ0) is 10.7. The van der Waals surface area contributed by atoms with Gasteiger partial charge in [0.05, 0.1) is 6.04 Å². The summed E-state index contributed by atoms with van der Waals surface area (Å²) in [6, 6.07) is 0.577. The maximum atomic E-state index is 4.17. The van der Waals surface area contributed by atoms with Crippen LogP contribution in [0.25, 0.3) is 0 Å². The van der Waals surface area contributed by atoms with Crippen molar-refractivity contribution in [1.29, 1.82) is 0 Å². The number of rotatable bonds is 3. The van der Waals surface area contributed by atoms with E-state index in [-0.39, 0.29) is 0 Å². The summed E-state index contributed by atoms with van der Waals surface area (Å²) < 4.78 is 0. The van der Waals surface area contributed by atoms with Crippen molar-refractivity contribution in [2.45, 2.75) is 32.2 Å². The highest BCUT2D eigenvalue weighted by molar-refractivity contribution is 5.23. The van der Waals surface area contributed by atoms with Crippen molar-refractivity contribution in [3.05, 3.63) is 24.3 Å². The Labute approximate surface area is 92.4 Å². The number of hydrazone groups is 1. The Kier molecular flexibility index (Phi) is 3.24. The van der Waals surface area contributed by atoms with Crippen LogP contribution in [0.15, 0.2) is 29.4 Å². The average Bonchev–Trinajstić information content (AvgIpc) is 2.73. The van der Waals surface area contributed by atoms with E-state index >= 15 is 0 Å². The van der Waals surface area contributed by atoms with Gasteiger partial charge in [0.15, 0.2) is 0 Å². The maximum absolute atomic E-state index is 4.17. The van der Waals surface area contributed by atoms with E-state index in [9.17, 15) is 0 Å². The third-order valence-corrected chi connectivity index (χ3v) is 3.67. The third kappa shape index (κ3) is 2.14. The second kappa shape index (κ2) is 4.65. The molecule has 1 aliphatic carbocycles. The van der Waals surface area contributed by atoms with Gasteiger partial charge >= 0.3 is 0 Å². The lowest BCUT2D eigenvalue weighted by Gasteiger charge is -2.27. The largest absolute Gasteiger partial charge is 0.294 e. The van der Waals surface area contributed by atoms with Crippen LogP contribution in [0.2, 0.25) is 0 Å². The molecule has 1 saturated heterocycles.